The maximum Gasteiger partial charge on any atom is 0.0130 e. The summed E-state index contributed by atoms with van der Waals surface area (Å²) in [4.78, 5) is 0. The molecule has 0 spiro atoms. The van der Waals surface area contributed by atoms with Crippen LogP contribution in [0.15, 0.2) is 0 Å². The largest absolute Gasteiger partial charge is 0.328 e. The normalized spacial score (nSPS) is 37.1. The van der Waals surface area contributed by atoms with Gasteiger partial charge < -0.3 is 11.1 Å². The summed E-state index contributed by atoms with van der Waals surface area (Å²) in [5, 5.41) is 3.34. The molecule has 2 atom stereocenters. The average Bonchev–Trinajstić information content (AvgIpc) is 1.94. The molecule has 0 aromatic heterocycles. The second-order valence-electron chi connectivity index (χ2n) is 4.36. The molecule has 0 aliphatic heterocycles. The van der Waals surface area contributed by atoms with Crippen LogP contribution in [0.25, 0.3) is 0 Å². The molecule has 0 bridgehead atoms. The molecule has 0 aromatic rings. The molecule has 0 aromatic carbocycles. The molecule has 2 nitrogen and oxygen atoms in total. The van der Waals surface area contributed by atoms with E-state index >= 15 is 0 Å². The molecule has 1 fully saturated rings. The first-order chi connectivity index (χ1) is 5.06. The first-order valence-corrected chi connectivity index (χ1v) is 4.49. The molecule has 2 unspecified atom stereocenters. The Bertz CT molecular complexity index is 132. The lowest BCUT2D eigenvalue weighted by Crippen LogP contribution is -2.48. The van der Waals surface area contributed by atoms with Gasteiger partial charge in [-0.2, -0.15) is 0 Å². The Morgan fingerprint density at radius 2 is 2.09 bits per heavy atom. The van der Waals surface area contributed by atoms with Crippen LogP contribution in [0.4, 0.5) is 0 Å². The molecule has 1 rings (SSSR count). The molecule has 0 saturated heterocycles. The van der Waals surface area contributed by atoms with Gasteiger partial charge in [-0.25, -0.2) is 0 Å². The van der Waals surface area contributed by atoms with E-state index in [1.165, 1.54) is 12.8 Å². The smallest absolute Gasteiger partial charge is 0.0130 e. The first-order valence-electron chi connectivity index (χ1n) is 4.49. The van der Waals surface area contributed by atoms with Crippen LogP contribution in [0.1, 0.15) is 33.1 Å². The minimum atomic E-state index is 0.417. The van der Waals surface area contributed by atoms with Crippen molar-refractivity contribution in [2.24, 2.45) is 11.1 Å². The summed E-state index contributed by atoms with van der Waals surface area (Å²) < 4.78 is 0. The van der Waals surface area contributed by atoms with Crippen molar-refractivity contribution in [3.8, 4) is 0 Å². The molecule has 66 valence electrons. The molecular weight excluding hydrogens is 136 g/mol. The van der Waals surface area contributed by atoms with Crippen molar-refractivity contribution >= 4 is 0 Å². The van der Waals surface area contributed by atoms with Crippen molar-refractivity contribution in [1.82, 2.24) is 5.32 Å². The average molecular weight is 156 g/mol. The summed E-state index contributed by atoms with van der Waals surface area (Å²) in [6.07, 6.45) is 3.56. The zero-order valence-corrected chi connectivity index (χ0v) is 7.85. The van der Waals surface area contributed by atoms with Gasteiger partial charge in [0.25, 0.3) is 0 Å². The molecule has 11 heavy (non-hydrogen) atoms. The Balaban J connectivity index is 2.56. The number of rotatable bonds is 1. The van der Waals surface area contributed by atoms with Crippen LogP contribution >= 0.6 is 0 Å². The van der Waals surface area contributed by atoms with E-state index in [1.54, 1.807) is 0 Å². The highest BCUT2D eigenvalue weighted by molar-refractivity contribution is 4.91. The predicted molar refractivity (Wildman–Crippen MR) is 48.5 cm³/mol. The molecule has 2 heteroatoms. The summed E-state index contributed by atoms with van der Waals surface area (Å²) in [5.74, 6) is 0. The van der Waals surface area contributed by atoms with E-state index in [0.717, 1.165) is 6.42 Å². The summed E-state index contributed by atoms with van der Waals surface area (Å²) in [7, 11) is 2.03. The van der Waals surface area contributed by atoms with Gasteiger partial charge in [-0.05, 0) is 31.7 Å². The van der Waals surface area contributed by atoms with Gasteiger partial charge in [0.2, 0.25) is 0 Å². The van der Waals surface area contributed by atoms with Gasteiger partial charge in [0.05, 0.1) is 0 Å². The molecule has 0 heterocycles. The van der Waals surface area contributed by atoms with Gasteiger partial charge in [0.15, 0.2) is 0 Å². The Kier molecular flexibility index (Phi) is 2.55. The van der Waals surface area contributed by atoms with Gasteiger partial charge >= 0.3 is 0 Å². The lowest BCUT2D eigenvalue weighted by atomic mass is 9.72. The van der Waals surface area contributed by atoms with Crippen molar-refractivity contribution in [3.63, 3.8) is 0 Å². The highest BCUT2D eigenvalue weighted by atomic mass is 14.9. The molecule has 1 aliphatic carbocycles. The fourth-order valence-corrected chi connectivity index (χ4v) is 1.98. The third kappa shape index (κ3) is 1.94. The monoisotopic (exact) mass is 156 g/mol. The van der Waals surface area contributed by atoms with Crippen LogP contribution < -0.4 is 11.1 Å². The summed E-state index contributed by atoms with van der Waals surface area (Å²) in [6.45, 7) is 4.64. The van der Waals surface area contributed by atoms with E-state index in [0.29, 0.717) is 17.5 Å². The minimum Gasteiger partial charge on any atom is -0.328 e. The van der Waals surface area contributed by atoms with E-state index in [9.17, 15) is 0 Å². The third-order valence-electron chi connectivity index (χ3n) is 2.99. The molecular formula is C9H20N2. The Morgan fingerprint density at radius 1 is 1.45 bits per heavy atom. The summed E-state index contributed by atoms with van der Waals surface area (Å²) in [6, 6.07) is 1.02. The Hall–Kier alpha value is -0.0800. The number of hydrogen-bond donors (Lipinski definition) is 2. The van der Waals surface area contributed by atoms with Crippen LogP contribution in [0.3, 0.4) is 0 Å². The van der Waals surface area contributed by atoms with Crippen molar-refractivity contribution in [1.29, 1.82) is 0 Å². The van der Waals surface area contributed by atoms with Crippen LogP contribution in [0.5, 0.6) is 0 Å². The maximum absolute atomic E-state index is 5.88. The van der Waals surface area contributed by atoms with E-state index in [2.05, 4.69) is 19.2 Å². The van der Waals surface area contributed by atoms with Crippen molar-refractivity contribution in [2.45, 2.75) is 45.2 Å². The van der Waals surface area contributed by atoms with Gasteiger partial charge in [-0.1, -0.05) is 13.8 Å². The van der Waals surface area contributed by atoms with E-state index in [1.807, 2.05) is 7.05 Å². The minimum absolute atomic E-state index is 0.417. The molecule has 0 amide bonds. The number of nitrogens with two attached hydrogens (primary N) is 1. The summed E-state index contributed by atoms with van der Waals surface area (Å²) in [5.41, 5.74) is 6.32. The summed E-state index contributed by atoms with van der Waals surface area (Å²) >= 11 is 0. The molecule has 1 saturated carbocycles. The van der Waals surface area contributed by atoms with Crippen LogP contribution in [-0.4, -0.2) is 19.1 Å². The number of nitrogens with one attached hydrogen (secondary N) is 1. The molecule has 0 radical (unpaired) electrons. The van der Waals surface area contributed by atoms with Gasteiger partial charge in [0, 0.05) is 12.1 Å². The highest BCUT2D eigenvalue weighted by Gasteiger charge is 2.33. The zero-order valence-electron chi connectivity index (χ0n) is 7.85. The van der Waals surface area contributed by atoms with E-state index in [4.69, 9.17) is 5.73 Å². The predicted octanol–water partition coefficient (Wildman–Crippen LogP) is 1.11. The SMILES string of the molecule is CNC1CC(N)CCC1(C)C. The third-order valence-corrected chi connectivity index (χ3v) is 2.99. The van der Waals surface area contributed by atoms with Crippen LogP contribution in [-0.2, 0) is 0 Å². The Morgan fingerprint density at radius 3 is 2.55 bits per heavy atom. The quantitative estimate of drug-likeness (QED) is 0.597. The second kappa shape index (κ2) is 3.11. The zero-order chi connectivity index (χ0) is 8.48. The lowest BCUT2D eigenvalue weighted by Gasteiger charge is -2.41. The van der Waals surface area contributed by atoms with Crippen molar-refractivity contribution in [2.75, 3.05) is 7.05 Å². The lowest BCUT2D eigenvalue weighted by molar-refractivity contribution is 0.161. The topological polar surface area (TPSA) is 38.0 Å². The van der Waals surface area contributed by atoms with E-state index < -0.39 is 0 Å². The first kappa shape index (κ1) is 9.01. The van der Waals surface area contributed by atoms with E-state index in [-0.39, 0.29) is 0 Å². The fourth-order valence-electron chi connectivity index (χ4n) is 1.98. The van der Waals surface area contributed by atoms with Gasteiger partial charge in [-0.15, -0.1) is 0 Å². The highest BCUT2D eigenvalue weighted by Crippen LogP contribution is 2.34. The standard InChI is InChI=1S/C9H20N2/c1-9(2)5-4-7(10)6-8(9)11-3/h7-8,11H,4-6,10H2,1-3H3. The second-order valence-corrected chi connectivity index (χ2v) is 4.36. The number of hydrogen-bond acceptors (Lipinski definition) is 2. The molecule has 3 N–H and O–H groups in total. The Labute approximate surface area is 69.5 Å². The van der Waals surface area contributed by atoms with Gasteiger partial charge in [-0.3, -0.25) is 0 Å². The van der Waals surface area contributed by atoms with Crippen molar-refractivity contribution in [3.05, 3.63) is 0 Å². The van der Waals surface area contributed by atoms with Crippen LogP contribution in [0, 0.1) is 5.41 Å². The molecule has 1 aliphatic rings. The van der Waals surface area contributed by atoms with Crippen LogP contribution in [0.2, 0.25) is 0 Å². The van der Waals surface area contributed by atoms with Gasteiger partial charge in [0.1, 0.15) is 0 Å². The fraction of sp³-hybridized carbons (Fsp3) is 1.00. The van der Waals surface area contributed by atoms with Crippen molar-refractivity contribution < 1.29 is 0 Å². The maximum atomic E-state index is 5.88.